The van der Waals surface area contributed by atoms with Crippen molar-refractivity contribution in [3.8, 4) is 56.8 Å². The summed E-state index contributed by atoms with van der Waals surface area (Å²) in [5.74, 6) is 3.42. The number of hydrogen-bond donors (Lipinski definition) is 0. The highest BCUT2D eigenvalue weighted by molar-refractivity contribution is 5.95. The Morgan fingerprint density at radius 3 is 0.931 bits per heavy atom. The molecular formula is C46H50N4O8. The van der Waals surface area contributed by atoms with Gasteiger partial charge in [0.05, 0.1) is 42.7 Å². The van der Waals surface area contributed by atoms with Crippen LogP contribution in [0.2, 0.25) is 0 Å². The van der Waals surface area contributed by atoms with Gasteiger partial charge in [0.15, 0.2) is 23.0 Å². The third-order valence-corrected chi connectivity index (χ3v) is 11.0. The molecule has 0 spiro atoms. The molecule has 2 fully saturated rings. The van der Waals surface area contributed by atoms with Crippen LogP contribution < -0.4 is 38.2 Å². The number of ether oxygens (including phenoxy) is 6. The number of piperazine rings is 2. The van der Waals surface area contributed by atoms with Crippen LogP contribution in [-0.4, -0.2) is 117 Å². The summed E-state index contributed by atoms with van der Waals surface area (Å²) in [4.78, 5) is 35.4. The van der Waals surface area contributed by atoms with Crippen LogP contribution in [0.25, 0.3) is 22.3 Å². The van der Waals surface area contributed by atoms with Crippen LogP contribution in [0.3, 0.4) is 0 Å². The summed E-state index contributed by atoms with van der Waals surface area (Å²) in [5, 5.41) is 0. The smallest absolute Gasteiger partial charge is 0.253 e. The topological polar surface area (TPSA) is 102 Å². The lowest BCUT2D eigenvalue weighted by Crippen LogP contribution is -2.49. The molecule has 7 rings (SSSR count). The van der Waals surface area contributed by atoms with Gasteiger partial charge in [-0.15, -0.1) is 0 Å². The van der Waals surface area contributed by atoms with E-state index in [4.69, 9.17) is 28.4 Å². The van der Waals surface area contributed by atoms with E-state index in [-0.39, 0.29) is 11.8 Å². The molecule has 302 valence electrons. The van der Waals surface area contributed by atoms with E-state index in [9.17, 15) is 9.59 Å². The van der Waals surface area contributed by atoms with Gasteiger partial charge in [0.1, 0.15) is 0 Å². The Hall–Kier alpha value is -6.56. The van der Waals surface area contributed by atoms with Gasteiger partial charge in [-0.25, -0.2) is 0 Å². The monoisotopic (exact) mass is 786 g/mol. The molecule has 2 aliphatic heterocycles. The van der Waals surface area contributed by atoms with Gasteiger partial charge in [-0.2, -0.15) is 0 Å². The lowest BCUT2D eigenvalue weighted by molar-refractivity contribution is 0.0739. The summed E-state index contributed by atoms with van der Waals surface area (Å²) >= 11 is 0. The molecule has 12 heteroatoms. The van der Waals surface area contributed by atoms with Gasteiger partial charge in [-0.3, -0.25) is 9.59 Å². The Kier molecular flexibility index (Phi) is 12.1. The Labute approximate surface area is 340 Å². The van der Waals surface area contributed by atoms with E-state index >= 15 is 0 Å². The van der Waals surface area contributed by atoms with Crippen LogP contribution in [0.1, 0.15) is 20.7 Å². The molecule has 0 saturated carbocycles. The highest BCUT2D eigenvalue weighted by atomic mass is 16.5. The second kappa shape index (κ2) is 17.7. The molecule has 2 amide bonds. The summed E-state index contributed by atoms with van der Waals surface area (Å²) in [6.07, 6.45) is 0. The zero-order valence-electron chi connectivity index (χ0n) is 33.9. The van der Waals surface area contributed by atoms with Crippen LogP contribution in [-0.2, 0) is 0 Å². The average Bonchev–Trinajstić information content (AvgIpc) is 3.30. The van der Waals surface area contributed by atoms with E-state index in [1.165, 1.54) is 0 Å². The lowest BCUT2D eigenvalue weighted by Gasteiger charge is -2.37. The number of carbonyl (C=O) groups excluding carboxylic acids is 2. The fourth-order valence-corrected chi connectivity index (χ4v) is 7.68. The Morgan fingerprint density at radius 2 is 0.672 bits per heavy atom. The fourth-order valence-electron chi connectivity index (χ4n) is 7.68. The first-order valence-electron chi connectivity index (χ1n) is 19.3. The molecule has 0 N–H and O–H groups in total. The van der Waals surface area contributed by atoms with E-state index in [1.807, 2.05) is 82.6 Å². The standard InChI is InChI=1S/C46H50N4O8/c1-53-39-27-35(28-40(54-2)43(39)57-5)31-7-11-33(12-8-31)45(51)49-23-19-47(20-24-49)37-15-17-38(18-16-37)48-21-25-50(26-22-48)46(52)34-13-9-32(10-14-34)36-29-41(55-3)44(58-6)42(30-36)56-4/h7-18,27-30H,19-26H2,1-6H3. The van der Waals surface area contributed by atoms with E-state index in [0.29, 0.717) is 71.8 Å². The summed E-state index contributed by atoms with van der Waals surface area (Å²) in [5.41, 5.74) is 7.26. The van der Waals surface area contributed by atoms with Crippen molar-refractivity contribution in [2.45, 2.75) is 0 Å². The number of carbonyl (C=O) groups is 2. The van der Waals surface area contributed by atoms with E-state index in [1.54, 1.807) is 42.7 Å². The Morgan fingerprint density at radius 1 is 0.379 bits per heavy atom. The highest BCUT2D eigenvalue weighted by Gasteiger charge is 2.25. The van der Waals surface area contributed by atoms with Crippen LogP contribution in [0.15, 0.2) is 97.1 Å². The molecule has 12 nitrogen and oxygen atoms in total. The van der Waals surface area contributed by atoms with Crippen LogP contribution >= 0.6 is 0 Å². The molecule has 5 aromatic carbocycles. The first-order valence-corrected chi connectivity index (χ1v) is 19.3. The number of benzene rings is 5. The third kappa shape index (κ3) is 8.13. The predicted octanol–water partition coefficient (Wildman–Crippen LogP) is 7.00. The number of anilines is 2. The van der Waals surface area contributed by atoms with E-state index in [2.05, 4.69) is 34.1 Å². The quantitative estimate of drug-likeness (QED) is 0.132. The second-order valence-electron chi connectivity index (χ2n) is 14.1. The van der Waals surface area contributed by atoms with Crippen molar-refractivity contribution in [3.05, 3.63) is 108 Å². The van der Waals surface area contributed by atoms with E-state index < -0.39 is 0 Å². The van der Waals surface area contributed by atoms with Crippen molar-refractivity contribution in [1.82, 2.24) is 9.80 Å². The van der Waals surface area contributed by atoms with E-state index in [0.717, 1.165) is 59.8 Å². The molecule has 0 bridgehead atoms. The minimum Gasteiger partial charge on any atom is -0.493 e. The zero-order chi connectivity index (χ0) is 40.8. The molecule has 2 saturated heterocycles. The average molecular weight is 787 g/mol. The molecule has 0 aliphatic carbocycles. The minimum absolute atomic E-state index is 0.0247. The van der Waals surface area contributed by atoms with Gasteiger partial charge in [0, 0.05) is 74.9 Å². The number of hydrogen-bond acceptors (Lipinski definition) is 10. The number of methoxy groups -OCH3 is 6. The molecule has 2 heterocycles. The van der Waals surface area contributed by atoms with Gasteiger partial charge < -0.3 is 48.0 Å². The Bertz CT molecular complexity index is 2000. The van der Waals surface area contributed by atoms with Gasteiger partial charge in [-0.1, -0.05) is 24.3 Å². The van der Waals surface area contributed by atoms with Gasteiger partial charge >= 0.3 is 0 Å². The van der Waals surface area contributed by atoms with Gasteiger partial charge in [-0.05, 0) is 95.1 Å². The number of amides is 2. The van der Waals surface area contributed by atoms with Crippen molar-refractivity contribution >= 4 is 23.2 Å². The summed E-state index contributed by atoms with van der Waals surface area (Å²) in [7, 11) is 9.53. The predicted molar refractivity (Wildman–Crippen MR) is 226 cm³/mol. The molecular weight excluding hydrogens is 737 g/mol. The first kappa shape index (κ1) is 39.7. The Balaban J connectivity index is 0.898. The van der Waals surface area contributed by atoms with Crippen LogP contribution in [0, 0.1) is 0 Å². The first-order chi connectivity index (χ1) is 28.3. The molecule has 0 radical (unpaired) electrons. The SMILES string of the molecule is COc1cc(-c2ccc(C(=O)N3CCN(c4ccc(N5CCN(C(=O)c6ccc(-c7cc(OC)c(OC)c(OC)c7)cc6)CC5)cc4)CC3)cc2)cc(OC)c1OC. The maximum Gasteiger partial charge on any atom is 0.253 e. The normalized spacial score (nSPS) is 14.2. The highest BCUT2D eigenvalue weighted by Crippen LogP contribution is 2.42. The fraction of sp³-hybridized carbons (Fsp3) is 0.304. The van der Waals surface area contributed by atoms with Crippen LogP contribution in [0.5, 0.6) is 34.5 Å². The molecule has 0 aromatic heterocycles. The largest absolute Gasteiger partial charge is 0.493 e. The number of nitrogens with zero attached hydrogens (tertiary/aromatic N) is 4. The summed E-state index contributed by atoms with van der Waals surface area (Å²) in [6.45, 7) is 5.55. The zero-order valence-corrected chi connectivity index (χ0v) is 33.9. The molecule has 2 aliphatic rings. The van der Waals surface area contributed by atoms with Crippen molar-refractivity contribution in [3.63, 3.8) is 0 Å². The van der Waals surface area contributed by atoms with Crippen molar-refractivity contribution in [2.24, 2.45) is 0 Å². The lowest BCUT2D eigenvalue weighted by atomic mass is 10.0. The van der Waals surface area contributed by atoms with Crippen molar-refractivity contribution < 1.29 is 38.0 Å². The number of rotatable bonds is 12. The maximum absolute atomic E-state index is 13.5. The molecule has 0 atom stereocenters. The summed E-state index contributed by atoms with van der Waals surface area (Å²) < 4.78 is 33.0. The molecule has 58 heavy (non-hydrogen) atoms. The second-order valence-corrected chi connectivity index (χ2v) is 14.1. The summed E-state index contributed by atoms with van der Waals surface area (Å²) in [6, 6.07) is 31.5. The van der Waals surface area contributed by atoms with Gasteiger partial charge in [0.25, 0.3) is 11.8 Å². The van der Waals surface area contributed by atoms with Crippen molar-refractivity contribution in [2.75, 3.05) is 105 Å². The third-order valence-electron chi connectivity index (χ3n) is 11.0. The van der Waals surface area contributed by atoms with Crippen molar-refractivity contribution in [1.29, 1.82) is 0 Å². The minimum atomic E-state index is 0.0247. The van der Waals surface area contributed by atoms with Crippen LogP contribution in [0.4, 0.5) is 11.4 Å². The van der Waals surface area contributed by atoms with Gasteiger partial charge in [0.2, 0.25) is 11.5 Å². The maximum atomic E-state index is 13.5. The molecule has 5 aromatic rings. The molecule has 0 unspecified atom stereocenters.